The van der Waals surface area contributed by atoms with Crippen molar-refractivity contribution >= 4 is 28.5 Å². The summed E-state index contributed by atoms with van der Waals surface area (Å²) in [5, 5.41) is 9.61. The molecule has 1 aliphatic rings. The summed E-state index contributed by atoms with van der Waals surface area (Å²) in [5.41, 5.74) is 3.66. The Kier molecular flexibility index (Phi) is 3.50. The van der Waals surface area contributed by atoms with Crippen molar-refractivity contribution in [3.63, 3.8) is 0 Å². The standard InChI is InChI=1S/C20H16N2O3/c1-12-3-2-4-13(9-12)10-14-7-8-22-18(14)21-17-11-15(20(24)25)5-6-16(17)19(22)23/h2-6,9-11H,7-8H2,1H3,(H,24,25). The average molecular weight is 332 g/mol. The van der Waals surface area contributed by atoms with E-state index in [2.05, 4.69) is 11.1 Å². The number of aromatic carboxylic acids is 1. The number of hydrogen-bond donors (Lipinski definition) is 1. The minimum Gasteiger partial charge on any atom is -0.478 e. The molecule has 4 rings (SSSR count). The average Bonchev–Trinajstić information content (AvgIpc) is 2.97. The molecule has 5 nitrogen and oxygen atoms in total. The normalized spacial score (nSPS) is 14.8. The van der Waals surface area contributed by atoms with Gasteiger partial charge < -0.3 is 5.11 Å². The molecule has 2 aromatic carbocycles. The number of benzene rings is 2. The van der Waals surface area contributed by atoms with E-state index in [9.17, 15) is 9.59 Å². The first-order chi connectivity index (χ1) is 12.0. The smallest absolute Gasteiger partial charge is 0.335 e. The highest BCUT2D eigenvalue weighted by atomic mass is 16.4. The van der Waals surface area contributed by atoms with Gasteiger partial charge in [-0.25, -0.2) is 9.78 Å². The SMILES string of the molecule is Cc1cccc(C=C2CCn3c2nc2cc(C(=O)O)ccc2c3=O)c1. The molecule has 1 aromatic heterocycles. The number of carboxylic acids is 1. The third kappa shape index (κ3) is 2.63. The van der Waals surface area contributed by atoms with E-state index in [0.29, 0.717) is 23.3 Å². The Labute approximate surface area is 143 Å². The maximum Gasteiger partial charge on any atom is 0.335 e. The zero-order valence-electron chi connectivity index (χ0n) is 13.7. The second-order valence-corrected chi connectivity index (χ2v) is 6.26. The van der Waals surface area contributed by atoms with Crippen LogP contribution in [0.1, 0.15) is 33.7 Å². The van der Waals surface area contributed by atoms with Crippen molar-refractivity contribution in [1.29, 1.82) is 0 Å². The van der Waals surface area contributed by atoms with E-state index < -0.39 is 5.97 Å². The van der Waals surface area contributed by atoms with Gasteiger partial charge in [0, 0.05) is 6.54 Å². The summed E-state index contributed by atoms with van der Waals surface area (Å²) in [6.07, 6.45) is 2.78. The van der Waals surface area contributed by atoms with Gasteiger partial charge >= 0.3 is 5.97 Å². The van der Waals surface area contributed by atoms with Gasteiger partial charge in [0.15, 0.2) is 0 Å². The predicted octanol–water partition coefficient (Wildman–Crippen LogP) is 3.35. The van der Waals surface area contributed by atoms with Crippen LogP contribution < -0.4 is 5.56 Å². The lowest BCUT2D eigenvalue weighted by atomic mass is 10.1. The summed E-state index contributed by atoms with van der Waals surface area (Å²) in [6, 6.07) is 12.6. The summed E-state index contributed by atoms with van der Waals surface area (Å²) in [5.74, 6) is -0.402. The number of allylic oxidation sites excluding steroid dienone is 1. The van der Waals surface area contributed by atoms with Crippen molar-refractivity contribution in [1.82, 2.24) is 9.55 Å². The fourth-order valence-electron chi connectivity index (χ4n) is 3.25. The molecule has 3 aromatic rings. The van der Waals surface area contributed by atoms with Crippen molar-refractivity contribution in [3.05, 3.63) is 75.3 Å². The third-order valence-corrected chi connectivity index (χ3v) is 4.48. The first-order valence-electron chi connectivity index (χ1n) is 8.08. The molecule has 0 spiro atoms. The minimum absolute atomic E-state index is 0.121. The van der Waals surface area contributed by atoms with Gasteiger partial charge in [-0.15, -0.1) is 0 Å². The van der Waals surface area contributed by atoms with Crippen LogP contribution in [0.2, 0.25) is 0 Å². The molecule has 25 heavy (non-hydrogen) atoms. The quantitative estimate of drug-likeness (QED) is 0.781. The lowest BCUT2D eigenvalue weighted by Gasteiger charge is -2.06. The van der Waals surface area contributed by atoms with E-state index in [1.807, 2.05) is 31.2 Å². The summed E-state index contributed by atoms with van der Waals surface area (Å²) in [4.78, 5) is 28.5. The van der Waals surface area contributed by atoms with Crippen LogP contribution in [-0.2, 0) is 6.54 Å². The zero-order valence-corrected chi connectivity index (χ0v) is 13.7. The molecule has 1 N–H and O–H groups in total. The first kappa shape index (κ1) is 15.3. The number of hydrogen-bond acceptors (Lipinski definition) is 3. The molecular weight excluding hydrogens is 316 g/mol. The number of aryl methyl sites for hydroxylation is 1. The molecular formula is C20H16N2O3. The van der Waals surface area contributed by atoms with Crippen LogP contribution in [0.25, 0.3) is 22.6 Å². The topological polar surface area (TPSA) is 72.2 Å². The van der Waals surface area contributed by atoms with E-state index in [4.69, 9.17) is 5.11 Å². The molecule has 2 heterocycles. The van der Waals surface area contributed by atoms with Gasteiger partial charge in [-0.05, 0) is 48.8 Å². The molecule has 0 saturated carbocycles. The summed E-state index contributed by atoms with van der Waals surface area (Å²) < 4.78 is 1.67. The highest BCUT2D eigenvalue weighted by Gasteiger charge is 2.21. The van der Waals surface area contributed by atoms with E-state index in [-0.39, 0.29) is 11.1 Å². The Balaban J connectivity index is 1.90. The zero-order chi connectivity index (χ0) is 17.6. The van der Waals surface area contributed by atoms with Gasteiger partial charge in [0.2, 0.25) is 0 Å². The first-order valence-corrected chi connectivity index (χ1v) is 8.08. The maximum absolute atomic E-state index is 12.7. The Morgan fingerprint density at radius 1 is 1.24 bits per heavy atom. The lowest BCUT2D eigenvalue weighted by molar-refractivity contribution is 0.0697. The van der Waals surface area contributed by atoms with Gasteiger partial charge in [-0.3, -0.25) is 9.36 Å². The van der Waals surface area contributed by atoms with Gasteiger partial charge in [0.05, 0.1) is 16.5 Å². The van der Waals surface area contributed by atoms with E-state index in [0.717, 1.165) is 17.6 Å². The molecule has 0 saturated heterocycles. The van der Waals surface area contributed by atoms with Crippen molar-refractivity contribution < 1.29 is 9.90 Å². The van der Waals surface area contributed by atoms with Gasteiger partial charge in [-0.2, -0.15) is 0 Å². The van der Waals surface area contributed by atoms with Gasteiger partial charge in [0.1, 0.15) is 5.82 Å². The van der Waals surface area contributed by atoms with Crippen LogP contribution in [0.5, 0.6) is 0 Å². The molecule has 0 atom stereocenters. The molecule has 1 aliphatic heterocycles. The summed E-state index contributed by atoms with van der Waals surface area (Å²) in [6.45, 7) is 2.63. The number of nitrogens with zero attached hydrogens (tertiary/aromatic N) is 2. The van der Waals surface area contributed by atoms with E-state index >= 15 is 0 Å². The van der Waals surface area contributed by atoms with Crippen molar-refractivity contribution in [2.45, 2.75) is 19.9 Å². The van der Waals surface area contributed by atoms with Crippen LogP contribution in [0.3, 0.4) is 0 Å². The van der Waals surface area contributed by atoms with Gasteiger partial charge in [0.25, 0.3) is 5.56 Å². The monoisotopic (exact) mass is 332 g/mol. The molecule has 0 bridgehead atoms. The molecule has 5 heteroatoms. The minimum atomic E-state index is -1.03. The second kappa shape index (κ2) is 5.70. The molecule has 0 amide bonds. The van der Waals surface area contributed by atoms with Crippen LogP contribution in [0.15, 0.2) is 47.3 Å². The number of fused-ring (bicyclic) bond motifs is 2. The predicted molar refractivity (Wildman–Crippen MR) is 96.6 cm³/mol. The lowest BCUT2D eigenvalue weighted by Crippen LogP contribution is -2.21. The number of carboxylic acid groups (broad SMARTS) is 1. The van der Waals surface area contributed by atoms with Crippen LogP contribution in [0, 0.1) is 6.92 Å². The van der Waals surface area contributed by atoms with Crippen molar-refractivity contribution in [2.75, 3.05) is 0 Å². The molecule has 0 aliphatic carbocycles. The summed E-state index contributed by atoms with van der Waals surface area (Å²) >= 11 is 0. The molecule has 124 valence electrons. The molecule has 0 unspecified atom stereocenters. The fourth-order valence-corrected chi connectivity index (χ4v) is 3.25. The Hall–Kier alpha value is -3.21. The Morgan fingerprint density at radius 2 is 2.08 bits per heavy atom. The highest BCUT2D eigenvalue weighted by Crippen LogP contribution is 2.27. The van der Waals surface area contributed by atoms with Gasteiger partial charge in [-0.1, -0.05) is 29.8 Å². The highest BCUT2D eigenvalue weighted by molar-refractivity contribution is 5.93. The van der Waals surface area contributed by atoms with Crippen molar-refractivity contribution in [2.24, 2.45) is 0 Å². The van der Waals surface area contributed by atoms with Crippen LogP contribution in [0.4, 0.5) is 0 Å². The number of carbonyl (C=O) groups is 1. The summed E-state index contributed by atoms with van der Waals surface area (Å²) in [7, 11) is 0. The van der Waals surface area contributed by atoms with E-state index in [1.165, 1.54) is 17.7 Å². The van der Waals surface area contributed by atoms with E-state index in [1.54, 1.807) is 10.6 Å². The Bertz CT molecular complexity index is 1110. The number of rotatable bonds is 2. The van der Waals surface area contributed by atoms with Crippen LogP contribution in [-0.4, -0.2) is 20.6 Å². The Morgan fingerprint density at radius 3 is 2.84 bits per heavy atom. The second-order valence-electron chi connectivity index (χ2n) is 6.26. The van der Waals surface area contributed by atoms with Crippen molar-refractivity contribution in [3.8, 4) is 0 Å². The number of aromatic nitrogens is 2. The largest absolute Gasteiger partial charge is 0.478 e. The maximum atomic E-state index is 12.7. The molecule has 0 fully saturated rings. The fraction of sp³-hybridized carbons (Fsp3) is 0.150. The molecule has 0 radical (unpaired) electrons. The van der Waals surface area contributed by atoms with Crippen LogP contribution >= 0.6 is 0 Å². The third-order valence-electron chi connectivity index (χ3n) is 4.48.